The molecule has 3 N–H and O–H groups in total. The molecule has 0 aromatic heterocycles. The Bertz CT molecular complexity index is 976. The number of anilines is 2. The van der Waals surface area contributed by atoms with E-state index in [9.17, 15) is 27.1 Å². The Kier molecular flexibility index (Phi) is 3.65. The number of carbonyl (C=O) groups is 1. The van der Waals surface area contributed by atoms with Gasteiger partial charge >= 0.3 is 5.97 Å². The lowest BCUT2D eigenvalue weighted by atomic mass is 10.1. The van der Waals surface area contributed by atoms with Crippen LogP contribution in [0, 0.1) is 11.6 Å². The lowest BCUT2D eigenvalue weighted by molar-refractivity contribution is 0.0697. The van der Waals surface area contributed by atoms with Gasteiger partial charge in [-0.25, -0.2) is 26.7 Å². The van der Waals surface area contributed by atoms with Gasteiger partial charge in [-0.2, -0.15) is 0 Å². The van der Waals surface area contributed by atoms with Crippen LogP contribution in [0.4, 0.5) is 20.2 Å². The van der Waals surface area contributed by atoms with Gasteiger partial charge in [0.1, 0.15) is 0 Å². The van der Waals surface area contributed by atoms with Crippen molar-refractivity contribution in [1.29, 1.82) is 0 Å². The Hall–Kier alpha value is -2.72. The molecule has 1 aliphatic rings. The molecule has 3 rings (SSSR count). The first-order chi connectivity index (χ1) is 11.2. The molecule has 0 fully saturated rings. The lowest BCUT2D eigenvalue weighted by Crippen LogP contribution is -2.20. The number of nitrogens with one attached hydrogen (secondary N) is 2. The molecule has 1 aliphatic heterocycles. The zero-order chi connectivity index (χ0) is 17.6. The fraction of sp³-hybridized carbons (Fsp3) is 0.0714. The summed E-state index contributed by atoms with van der Waals surface area (Å²) in [6.07, 6.45) is 0. The zero-order valence-electron chi connectivity index (χ0n) is 12.1. The lowest BCUT2D eigenvalue weighted by Gasteiger charge is -2.24. The smallest absolute Gasteiger partial charge is 0.338 e. The van der Waals surface area contributed by atoms with Gasteiger partial charge in [-0.1, -0.05) is 0 Å². The van der Waals surface area contributed by atoms with E-state index in [1.165, 1.54) is 7.05 Å². The van der Waals surface area contributed by atoms with Crippen LogP contribution in [0.25, 0.3) is 0 Å². The van der Waals surface area contributed by atoms with Crippen molar-refractivity contribution in [2.75, 3.05) is 12.4 Å². The van der Waals surface area contributed by atoms with Crippen LogP contribution in [0.1, 0.15) is 10.4 Å². The summed E-state index contributed by atoms with van der Waals surface area (Å²) < 4.78 is 57.9. The summed E-state index contributed by atoms with van der Waals surface area (Å²) in [6, 6.07) is 3.62. The number of sulfonamides is 1. The predicted molar refractivity (Wildman–Crippen MR) is 79.4 cm³/mol. The molecular weight excluding hydrogens is 346 g/mol. The van der Waals surface area contributed by atoms with E-state index in [1.807, 2.05) is 0 Å². The van der Waals surface area contributed by atoms with Gasteiger partial charge in [0.15, 0.2) is 23.1 Å². The van der Waals surface area contributed by atoms with Gasteiger partial charge in [0.25, 0.3) is 0 Å². The Morgan fingerprint density at radius 2 is 1.83 bits per heavy atom. The summed E-state index contributed by atoms with van der Waals surface area (Å²) >= 11 is 0. The number of fused-ring (bicyclic) bond motifs is 2. The second-order valence-corrected chi connectivity index (χ2v) is 6.73. The molecule has 2 aromatic carbocycles. The first-order valence-electron chi connectivity index (χ1n) is 6.51. The third kappa shape index (κ3) is 2.55. The number of hydrogen-bond acceptors (Lipinski definition) is 5. The monoisotopic (exact) mass is 356 g/mol. The highest BCUT2D eigenvalue weighted by Gasteiger charge is 2.27. The van der Waals surface area contributed by atoms with E-state index in [0.29, 0.717) is 0 Å². The number of halogens is 2. The first-order valence-corrected chi connectivity index (χ1v) is 8.00. The van der Waals surface area contributed by atoms with Crippen LogP contribution < -0.4 is 14.8 Å². The highest BCUT2D eigenvalue weighted by Crippen LogP contribution is 2.45. The molecule has 0 unspecified atom stereocenters. The van der Waals surface area contributed by atoms with Crippen LogP contribution in [0.5, 0.6) is 11.5 Å². The van der Waals surface area contributed by atoms with Crippen molar-refractivity contribution in [3.8, 4) is 11.5 Å². The van der Waals surface area contributed by atoms with Crippen LogP contribution in [-0.2, 0) is 10.0 Å². The molecule has 0 spiro atoms. The molecule has 126 valence electrons. The van der Waals surface area contributed by atoms with Gasteiger partial charge in [0.05, 0.1) is 21.8 Å². The number of carboxylic acid groups (broad SMARTS) is 1. The number of benzene rings is 2. The summed E-state index contributed by atoms with van der Waals surface area (Å²) in [5.41, 5.74) is -0.430. The van der Waals surface area contributed by atoms with Crippen molar-refractivity contribution >= 4 is 27.4 Å². The van der Waals surface area contributed by atoms with Crippen molar-refractivity contribution < 1.29 is 31.8 Å². The molecule has 10 heteroatoms. The Balaban J connectivity index is 2.21. The SMILES string of the molecule is CNS(=O)(=O)c1cc2c(c(C(=O)O)c1)Nc1cc(F)c(F)cc1O2. The second kappa shape index (κ2) is 5.42. The maximum Gasteiger partial charge on any atom is 0.338 e. The van der Waals surface area contributed by atoms with Crippen molar-refractivity contribution in [2.24, 2.45) is 0 Å². The summed E-state index contributed by atoms with van der Waals surface area (Å²) in [7, 11) is -2.77. The molecular formula is C14H10F2N2O5S. The van der Waals surface area contributed by atoms with Crippen LogP contribution >= 0.6 is 0 Å². The van der Waals surface area contributed by atoms with Crippen LogP contribution in [-0.4, -0.2) is 26.5 Å². The second-order valence-electron chi connectivity index (χ2n) is 4.85. The van der Waals surface area contributed by atoms with E-state index >= 15 is 0 Å². The van der Waals surface area contributed by atoms with E-state index in [1.54, 1.807) is 0 Å². The van der Waals surface area contributed by atoms with Gasteiger partial charge in [0.2, 0.25) is 10.0 Å². The number of aromatic carboxylic acids is 1. The average Bonchev–Trinajstić information content (AvgIpc) is 2.53. The maximum atomic E-state index is 13.3. The van der Waals surface area contributed by atoms with Gasteiger partial charge < -0.3 is 15.2 Å². The van der Waals surface area contributed by atoms with Gasteiger partial charge in [0, 0.05) is 18.2 Å². The van der Waals surface area contributed by atoms with Gasteiger partial charge in [-0.05, 0) is 13.1 Å². The first kappa shape index (κ1) is 16.1. The third-order valence-electron chi connectivity index (χ3n) is 3.39. The molecule has 0 atom stereocenters. The molecule has 0 bridgehead atoms. The quantitative estimate of drug-likeness (QED) is 0.666. The zero-order valence-corrected chi connectivity index (χ0v) is 12.9. The average molecular weight is 356 g/mol. The van der Waals surface area contributed by atoms with Crippen LogP contribution in [0.15, 0.2) is 29.2 Å². The predicted octanol–water partition coefficient (Wildman–Crippen LogP) is 2.42. The molecule has 0 amide bonds. The normalized spacial score (nSPS) is 12.6. The number of carboxylic acids is 1. The number of ether oxygens (including phenoxy) is 1. The number of hydrogen-bond donors (Lipinski definition) is 3. The molecule has 0 saturated heterocycles. The van der Waals surface area contributed by atoms with Crippen molar-refractivity contribution in [2.45, 2.75) is 4.90 Å². The van der Waals surface area contributed by atoms with Crippen LogP contribution in [0.2, 0.25) is 0 Å². The maximum absolute atomic E-state index is 13.3. The minimum Gasteiger partial charge on any atom is -0.478 e. The largest absolute Gasteiger partial charge is 0.478 e. The third-order valence-corrected chi connectivity index (χ3v) is 4.78. The summed E-state index contributed by atoms with van der Waals surface area (Å²) in [4.78, 5) is 11.1. The molecule has 2 aromatic rings. The van der Waals surface area contributed by atoms with Crippen molar-refractivity contribution in [1.82, 2.24) is 4.72 Å². The van der Waals surface area contributed by atoms with Crippen molar-refractivity contribution in [3.63, 3.8) is 0 Å². The molecule has 0 saturated carbocycles. The standard InChI is InChI=1S/C14H10F2N2O5S/c1-17-24(21,22)6-2-7(14(19)20)13-12(3-6)23-11-5-9(16)8(15)4-10(11)18-13/h2-5,17-18H,1H3,(H,19,20). The van der Waals surface area contributed by atoms with E-state index in [2.05, 4.69) is 10.0 Å². The number of rotatable bonds is 3. The summed E-state index contributed by atoms with van der Waals surface area (Å²) in [5, 5.41) is 11.9. The Labute approximate surface area is 134 Å². The topological polar surface area (TPSA) is 105 Å². The fourth-order valence-corrected chi connectivity index (χ4v) is 2.98. The minimum atomic E-state index is -3.94. The Morgan fingerprint density at radius 3 is 2.46 bits per heavy atom. The Morgan fingerprint density at radius 1 is 1.17 bits per heavy atom. The highest BCUT2D eigenvalue weighted by molar-refractivity contribution is 7.89. The fourth-order valence-electron chi connectivity index (χ4n) is 2.21. The summed E-state index contributed by atoms with van der Waals surface area (Å²) in [6.45, 7) is 0. The van der Waals surface area contributed by atoms with Gasteiger partial charge in [-0.15, -0.1) is 0 Å². The molecule has 1 heterocycles. The molecule has 24 heavy (non-hydrogen) atoms. The minimum absolute atomic E-state index is 0.0214. The summed E-state index contributed by atoms with van der Waals surface area (Å²) in [5.74, 6) is -3.95. The van der Waals surface area contributed by atoms with Gasteiger partial charge in [-0.3, -0.25) is 0 Å². The van der Waals surface area contributed by atoms with E-state index < -0.39 is 33.2 Å². The van der Waals surface area contributed by atoms with E-state index in [0.717, 1.165) is 24.3 Å². The van der Waals surface area contributed by atoms with Crippen LogP contribution in [0.3, 0.4) is 0 Å². The van der Waals surface area contributed by atoms with E-state index in [-0.39, 0.29) is 27.8 Å². The highest BCUT2D eigenvalue weighted by atomic mass is 32.2. The molecule has 0 radical (unpaired) electrons. The van der Waals surface area contributed by atoms with E-state index in [4.69, 9.17) is 4.74 Å². The molecule has 7 nitrogen and oxygen atoms in total. The molecule has 0 aliphatic carbocycles. The van der Waals surface area contributed by atoms with Crippen molar-refractivity contribution in [3.05, 3.63) is 41.5 Å².